The number of aryl methyl sites for hydroxylation is 2. The standard InChI is InChI=1S/C19H25F2N7/c1-5-7-27-12-14(9-22-27)11-26(4)19-24-16(8-17(25-19)18(20)21)15-10-23-28(6-2)13(15)3/h8-10,12,18H,5-7,11H2,1-4H3. The van der Waals surface area contributed by atoms with Crippen molar-refractivity contribution >= 4 is 5.95 Å². The van der Waals surface area contributed by atoms with Crippen LogP contribution in [-0.4, -0.2) is 36.6 Å². The van der Waals surface area contributed by atoms with E-state index in [-0.39, 0.29) is 11.6 Å². The van der Waals surface area contributed by atoms with Gasteiger partial charge >= 0.3 is 0 Å². The van der Waals surface area contributed by atoms with E-state index in [0.717, 1.165) is 29.8 Å². The molecule has 0 spiro atoms. The van der Waals surface area contributed by atoms with E-state index in [4.69, 9.17) is 0 Å². The van der Waals surface area contributed by atoms with Crippen molar-refractivity contribution in [2.45, 2.75) is 53.3 Å². The van der Waals surface area contributed by atoms with Crippen LogP contribution in [0.2, 0.25) is 0 Å². The number of rotatable bonds is 8. The number of hydrogen-bond acceptors (Lipinski definition) is 5. The van der Waals surface area contributed by atoms with E-state index in [2.05, 4.69) is 27.1 Å². The van der Waals surface area contributed by atoms with Crippen LogP contribution in [0.1, 0.15) is 43.6 Å². The van der Waals surface area contributed by atoms with Crippen LogP contribution in [0.25, 0.3) is 11.3 Å². The minimum Gasteiger partial charge on any atom is -0.339 e. The normalized spacial score (nSPS) is 11.4. The third-order valence-corrected chi connectivity index (χ3v) is 4.54. The first kappa shape index (κ1) is 19.9. The summed E-state index contributed by atoms with van der Waals surface area (Å²) in [5.74, 6) is 0.250. The van der Waals surface area contributed by atoms with Crippen molar-refractivity contribution in [1.82, 2.24) is 29.5 Å². The van der Waals surface area contributed by atoms with Gasteiger partial charge in [0.25, 0.3) is 6.43 Å². The molecular weight excluding hydrogens is 364 g/mol. The van der Waals surface area contributed by atoms with Crippen LogP contribution in [0.15, 0.2) is 24.7 Å². The molecule has 0 N–H and O–H groups in total. The zero-order valence-corrected chi connectivity index (χ0v) is 16.6. The van der Waals surface area contributed by atoms with E-state index in [1.807, 2.05) is 29.4 Å². The van der Waals surface area contributed by atoms with Gasteiger partial charge in [-0.1, -0.05) is 6.92 Å². The Morgan fingerprint density at radius 2 is 1.93 bits per heavy atom. The Morgan fingerprint density at radius 3 is 2.57 bits per heavy atom. The summed E-state index contributed by atoms with van der Waals surface area (Å²) in [6, 6.07) is 1.34. The molecule has 150 valence electrons. The van der Waals surface area contributed by atoms with Crippen molar-refractivity contribution in [2.75, 3.05) is 11.9 Å². The Bertz CT molecular complexity index is 932. The fourth-order valence-electron chi connectivity index (χ4n) is 3.07. The summed E-state index contributed by atoms with van der Waals surface area (Å²) in [7, 11) is 1.79. The van der Waals surface area contributed by atoms with Crippen molar-refractivity contribution in [2.24, 2.45) is 0 Å². The monoisotopic (exact) mass is 389 g/mol. The van der Waals surface area contributed by atoms with Gasteiger partial charge in [0.15, 0.2) is 0 Å². The Morgan fingerprint density at radius 1 is 1.14 bits per heavy atom. The first-order valence-electron chi connectivity index (χ1n) is 9.35. The van der Waals surface area contributed by atoms with Crippen LogP contribution in [0.5, 0.6) is 0 Å². The predicted molar refractivity (Wildman–Crippen MR) is 103 cm³/mol. The third-order valence-electron chi connectivity index (χ3n) is 4.54. The van der Waals surface area contributed by atoms with Crippen LogP contribution in [0.3, 0.4) is 0 Å². The van der Waals surface area contributed by atoms with Gasteiger partial charge in [-0.3, -0.25) is 9.36 Å². The maximum Gasteiger partial charge on any atom is 0.280 e. The molecule has 0 atom stereocenters. The van der Waals surface area contributed by atoms with E-state index in [9.17, 15) is 8.78 Å². The molecule has 3 aromatic heterocycles. The summed E-state index contributed by atoms with van der Waals surface area (Å²) in [4.78, 5) is 10.4. The van der Waals surface area contributed by atoms with Crippen molar-refractivity contribution < 1.29 is 8.78 Å². The molecule has 0 amide bonds. The number of nitrogens with zero attached hydrogens (tertiary/aromatic N) is 7. The maximum atomic E-state index is 13.5. The molecule has 0 aromatic carbocycles. The highest BCUT2D eigenvalue weighted by Crippen LogP contribution is 2.27. The van der Waals surface area contributed by atoms with Gasteiger partial charge in [0.2, 0.25) is 5.95 Å². The van der Waals surface area contributed by atoms with Crippen LogP contribution in [0.4, 0.5) is 14.7 Å². The van der Waals surface area contributed by atoms with Gasteiger partial charge in [-0.25, -0.2) is 18.7 Å². The lowest BCUT2D eigenvalue weighted by Gasteiger charge is -2.18. The van der Waals surface area contributed by atoms with Crippen molar-refractivity contribution in [3.8, 4) is 11.3 Å². The second-order valence-electron chi connectivity index (χ2n) is 6.71. The summed E-state index contributed by atoms with van der Waals surface area (Å²) >= 11 is 0. The summed E-state index contributed by atoms with van der Waals surface area (Å²) in [5, 5.41) is 8.60. The number of aromatic nitrogens is 6. The van der Waals surface area contributed by atoms with E-state index >= 15 is 0 Å². The topological polar surface area (TPSA) is 64.7 Å². The highest BCUT2D eigenvalue weighted by atomic mass is 19.3. The van der Waals surface area contributed by atoms with Gasteiger partial charge in [-0.2, -0.15) is 10.2 Å². The molecule has 3 heterocycles. The number of hydrogen-bond donors (Lipinski definition) is 0. The van der Waals surface area contributed by atoms with Crippen LogP contribution >= 0.6 is 0 Å². The number of anilines is 1. The van der Waals surface area contributed by atoms with E-state index < -0.39 is 6.43 Å². The lowest BCUT2D eigenvalue weighted by Crippen LogP contribution is -2.20. The van der Waals surface area contributed by atoms with Gasteiger partial charge in [0, 0.05) is 49.7 Å². The number of alkyl halides is 2. The van der Waals surface area contributed by atoms with E-state index in [0.29, 0.717) is 18.8 Å². The SMILES string of the molecule is CCCn1cc(CN(C)c2nc(-c3cnn(CC)c3C)cc(C(F)F)n2)cn1. The molecule has 3 aromatic rings. The fraction of sp³-hybridized carbons (Fsp3) is 0.474. The minimum atomic E-state index is -2.68. The quantitative estimate of drug-likeness (QED) is 0.586. The second-order valence-corrected chi connectivity index (χ2v) is 6.71. The van der Waals surface area contributed by atoms with Crippen molar-refractivity contribution in [3.05, 3.63) is 41.6 Å². The predicted octanol–water partition coefficient (Wildman–Crippen LogP) is 3.85. The molecule has 0 unspecified atom stereocenters. The Labute approximate surface area is 163 Å². The van der Waals surface area contributed by atoms with Gasteiger partial charge in [-0.05, 0) is 26.3 Å². The Balaban J connectivity index is 1.92. The molecule has 0 radical (unpaired) electrons. The molecule has 0 aliphatic heterocycles. The van der Waals surface area contributed by atoms with E-state index in [1.54, 1.807) is 24.3 Å². The van der Waals surface area contributed by atoms with Gasteiger partial charge in [0.05, 0.1) is 18.1 Å². The molecular formula is C19H25F2N7. The van der Waals surface area contributed by atoms with Crippen LogP contribution < -0.4 is 4.90 Å². The summed E-state index contributed by atoms with van der Waals surface area (Å²) in [6.45, 7) is 7.98. The largest absolute Gasteiger partial charge is 0.339 e. The lowest BCUT2D eigenvalue weighted by atomic mass is 10.1. The van der Waals surface area contributed by atoms with Crippen molar-refractivity contribution in [1.29, 1.82) is 0 Å². The van der Waals surface area contributed by atoms with Crippen LogP contribution in [0, 0.1) is 6.92 Å². The molecule has 0 saturated heterocycles. The second kappa shape index (κ2) is 8.45. The molecule has 7 nitrogen and oxygen atoms in total. The Hall–Kier alpha value is -2.84. The first-order valence-corrected chi connectivity index (χ1v) is 9.35. The average molecular weight is 389 g/mol. The third kappa shape index (κ3) is 4.18. The Kier molecular flexibility index (Phi) is 6.01. The molecule has 0 bridgehead atoms. The molecule has 9 heteroatoms. The molecule has 0 saturated carbocycles. The summed E-state index contributed by atoms with van der Waals surface area (Å²) < 4.78 is 30.6. The molecule has 3 rings (SSSR count). The average Bonchev–Trinajstić information content (AvgIpc) is 3.27. The minimum absolute atomic E-state index is 0.250. The highest BCUT2D eigenvalue weighted by molar-refractivity contribution is 5.63. The lowest BCUT2D eigenvalue weighted by molar-refractivity contribution is 0.146. The van der Waals surface area contributed by atoms with Gasteiger partial charge < -0.3 is 4.90 Å². The number of halogens is 2. The zero-order chi connectivity index (χ0) is 20.3. The summed E-state index contributed by atoms with van der Waals surface area (Å²) in [5.41, 5.74) is 2.74. The highest BCUT2D eigenvalue weighted by Gasteiger charge is 2.19. The van der Waals surface area contributed by atoms with Crippen molar-refractivity contribution in [3.63, 3.8) is 0 Å². The van der Waals surface area contributed by atoms with E-state index in [1.165, 1.54) is 6.07 Å². The fourth-order valence-corrected chi connectivity index (χ4v) is 3.07. The molecule has 0 fully saturated rings. The summed E-state index contributed by atoms with van der Waals surface area (Å²) in [6.07, 6.45) is 3.70. The molecule has 0 aliphatic rings. The molecule has 0 aliphatic carbocycles. The first-order chi connectivity index (χ1) is 13.4. The zero-order valence-electron chi connectivity index (χ0n) is 16.6. The maximum absolute atomic E-state index is 13.5. The van der Waals surface area contributed by atoms with Gasteiger partial charge in [0.1, 0.15) is 5.69 Å². The van der Waals surface area contributed by atoms with Gasteiger partial charge in [-0.15, -0.1) is 0 Å². The smallest absolute Gasteiger partial charge is 0.280 e. The molecule has 28 heavy (non-hydrogen) atoms. The van der Waals surface area contributed by atoms with Crippen LogP contribution in [-0.2, 0) is 19.6 Å².